The summed E-state index contributed by atoms with van der Waals surface area (Å²) in [7, 11) is 0. The third-order valence-electron chi connectivity index (χ3n) is 7.21. The molecule has 0 aliphatic carbocycles. The first-order chi connectivity index (χ1) is 17.0. The Morgan fingerprint density at radius 3 is 2.74 bits per heavy atom. The second kappa shape index (κ2) is 10.3. The minimum atomic E-state index is -0.138. The van der Waals surface area contributed by atoms with E-state index in [4.69, 9.17) is 9.72 Å². The molecule has 1 aromatic heterocycles. The molecule has 0 atom stereocenters. The smallest absolute Gasteiger partial charge is 0.225 e. The van der Waals surface area contributed by atoms with Crippen LogP contribution in [0.15, 0.2) is 54.6 Å². The number of rotatable bonds is 7. The number of nitrogens with one attached hydrogen (secondary N) is 1. The van der Waals surface area contributed by atoms with Crippen molar-refractivity contribution in [3.8, 4) is 5.75 Å². The number of fused-ring (bicyclic) bond motifs is 2. The van der Waals surface area contributed by atoms with Gasteiger partial charge >= 0.3 is 0 Å². The van der Waals surface area contributed by atoms with E-state index < -0.39 is 0 Å². The monoisotopic (exact) mass is 472 g/mol. The fourth-order valence-corrected chi connectivity index (χ4v) is 5.31. The standard InChI is InChI=1S/C29H36N4O2/c1-29(2)20-28(34)31-27-19-24(11-12-25(27)29)35-18-6-15-32-13-5-14-33(17-16-32)21-23-10-9-22-7-3-4-8-26(22)30-23/h3-4,7-12,19H,5-6,13-18,20-21H2,1-2H3,(H,31,34). The first kappa shape index (κ1) is 23.8. The lowest BCUT2D eigenvalue weighted by Crippen LogP contribution is -2.32. The predicted molar refractivity (Wildman–Crippen MR) is 141 cm³/mol. The third-order valence-corrected chi connectivity index (χ3v) is 7.21. The number of pyridine rings is 1. The first-order valence-corrected chi connectivity index (χ1v) is 12.8. The Hall–Kier alpha value is -2.96. The van der Waals surface area contributed by atoms with Crippen LogP contribution in [0.1, 0.15) is 44.4 Å². The van der Waals surface area contributed by atoms with E-state index in [1.807, 2.05) is 12.1 Å². The Bertz CT molecular complexity index is 1190. The zero-order valence-corrected chi connectivity index (χ0v) is 20.9. The predicted octanol–water partition coefficient (Wildman–Crippen LogP) is 4.83. The molecule has 2 aliphatic heterocycles. The number of para-hydroxylation sites is 1. The summed E-state index contributed by atoms with van der Waals surface area (Å²) in [6.45, 7) is 11.2. The van der Waals surface area contributed by atoms with Crippen LogP contribution >= 0.6 is 0 Å². The van der Waals surface area contributed by atoms with E-state index in [9.17, 15) is 4.79 Å². The number of anilines is 1. The van der Waals surface area contributed by atoms with Gasteiger partial charge in [-0.15, -0.1) is 0 Å². The van der Waals surface area contributed by atoms with Crippen LogP contribution in [0.4, 0.5) is 5.69 Å². The minimum Gasteiger partial charge on any atom is -0.493 e. The topological polar surface area (TPSA) is 57.7 Å². The van der Waals surface area contributed by atoms with Gasteiger partial charge in [0.1, 0.15) is 5.75 Å². The summed E-state index contributed by atoms with van der Waals surface area (Å²) in [4.78, 5) is 22.0. The van der Waals surface area contributed by atoms with Gasteiger partial charge in [-0.2, -0.15) is 0 Å². The van der Waals surface area contributed by atoms with E-state index in [1.54, 1.807) is 0 Å². The van der Waals surface area contributed by atoms with Gasteiger partial charge in [0.2, 0.25) is 5.91 Å². The fraction of sp³-hybridized carbons (Fsp3) is 0.448. The lowest BCUT2D eigenvalue weighted by molar-refractivity contribution is -0.117. The van der Waals surface area contributed by atoms with Gasteiger partial charge in [0.25, 0.3) is 0 Å². The number of hydrogen-bond donors (Lipinski definition) is 1. The number of aromatic nitrogens is 1. The molecule has 1 fully saturated rings. The number of amides is 1. The molecule has 5 rings (SSSR count). The number of nitrogens with zero attached hydrogens (tertiary/aromatic N) is 3. The van der Waals surface area contributed by atoms with Gasteiger partial charge in [0, 0.05) is 55.2 Å². The molecule has 184 valence electrons. The number of ether oxygens (including phenoxy) is 1. The average Bonchev–Trinajstić information content (AvgIpc) is 3.06. The van der Waals surface area contributed by atoms with Gasteiger partial charge in [-0.25, -0.2) is 0 Å². The molecule has 1 amide bonds. The molecule has 0 bridgehead atoms. The van der Waals surface area contributed by atoms with E-state index in [0.29, 0.717) is 13.0 Å². The fourth-order valence-electron chi connectivity index (χ4n) is 5.31. The Morgan fingerprint density at radius 2 is 1.83 bits per heavy atom. The van der Waals surface area contributed by atoms with E-state index in [1.165, 1.54) is 17.4 Å². The van der Waals surface area contributed by atoms with Crippen LogP contribution in [-0.4, -0.2) is 60.0 Å². The van der Waals surface area contributed by atoms with Crippen molar-refractivity contribution in [2.24, 2.45) is 0 Å². The van der Waals surface area contributed by atoms with Crippen molar-refractivity contribution in [1.29, 1.82) is 0 Å². The molecule has 0 radical (unpaired) electrons. The Morgan fingerprint density at radius 1 is 1.00 bits per heavy atom. The molecule has 3 heterocycles. The number of carbonyl (C=O) groups excluding carboxylic acids is 1. The maximum absolute atomic E-state index is 12.0. The SMILES string of the molecule is CC1(C)CC(=O)Nc2cc(OCCCN3CCCN(Cc4ccc5ccccc5n4)CC3)ccc21. The van der Waals surface area contributed by atoms with Gasteiger partial charge in [-0.3, -0.25) is 14.7 Å². The Kier molecular flexibility index (Phi) is 7.02. The van der Waals surface area contributed by atoms with Gasteiger partial charge in [0.15, 0.2) is 0 Å². The summed E-state index contributed by atoms with van der Waals surface area (Å²) in [5, 5.41) is 4.20. The van der Waals surface area contributed by atoms with E-state index in [0.717, 1.165) is 68.3 Å². The van der Waals surface area contributed by atoms with Crippen molar-refractivity contribution in [1.82, 2.24) is 14.8 Å². The number of carbonyl (C=O) groups is 1. The second-order valence-electron chi connectivity index (χ2n) is 10.5. The van der Waals surface area contributed by atoms with Crippen LogP contribution < -0.4 is 10.1 Å². The molecule has 0 spiro atoms. The molecule has 0 unspecified atom stereocenters. The highest BCUT2D eigenvalue weighted by atomic mass is 16.5. The summed E-state index contributed by atoms with van der Waals surface area (Å²) in [5.74, 6) is 0.901. The van der Waals surface area contributed by atoms with Crippen LogP contribution in [0.3, 0.4) is 0 Å². The van der Waals surface area contributed by atoms with E-state index >= 15 is 0 Å². The average molecular weight is 473 g/mol. The summed E-state index contributed by atoms with van der Waals surface area (Å²) in [6, 6.07) is 18.8. The molecule has 1 N–H and O–H groups in total. The van der Waals surface area contributed by atoms with Crippen molar-refractivity contribution in [2.45, 2.75) is 45.1 Å². The molecule has 3 aromatic rings. The molecule has 2 aromatic carbocycles. The van der Waals surface area contributed by atoms with Gasteiger partial charge in [0.05, 0.1) is 17.8 Å². The van der Waals surface area contributed by atoms with Crippen LogP contribution in [0.25, 0.3) is 10.9 Å². The maximum Gasteiger partial charge on any atom is 0.225 e. The highest BCUT2D eigenvalue weighted by molar-refractivity contribution is 5.95. The number of hydrogen-bond acceptors (Lipinski definition) is 5. The molecule has 2 aliphatic rings. The van der Waals surface area contributed by atoms with Crippen molar-refractivity contribution >= 4 is 22.5 Å². The lowest BCUT2D eigenvalue weighted by Gasteiger charge is -2.32. The van der Waals surface area contributed by atoms with Crippen LogP contribution in [0, 0.1) is 0 Å². The van der Waals surface area contributed by atoms with Crippen molar-refractivity contribution in [2.75, 3.05) is 44.6 Å². The van der Waals surface area contributed by atoms with Crippen LogP contribution in [-0.2, 0) is 16.8 Å². The van der Waals surface area contributed by atoms with E-state index in [2.05, 4.69) is 71.4 Å². The lowest BCUT2D eigenvalue weighted by atomic mass is 9.78. The first-order valence-electron chi connectivity index (χ1n) is 12.8. The van der Waals surface area contributed by atoms with E-state index in [-0.39, 0.29) is 11.3 Å². The molecule has 6 nitrogen and oxygen atoms in total. The largest absolute Gasteiger partial charge is 0.493 e. The van der Waals surface area contributed by atoms with Gasteiger partial charge in [-0.1, -0.05) is 44.2 Å². The molecular formula is C29H36N4O2. The molecule has 35 heavy (non-hydrogen) atoms. The van der Waals surface area contributed by atoms with Crippen molar-refractivity contribution in [3.05, 3.63) is 65.9 Å². The maximum atomic E-state index is 12.0. The zero-order valence-electron chi connectivity index (χ0n) is 20.9. The molecular weight excluding hydrogens is 436 g/mol. The molecule has 1 saturated heterocycles. The molecule has 0 saturated carbocycles. The van der Waals surface area contributed by atoms with Crippen LogP contribution in [0.5, 0.6) is 5.75 Å². The van der Waals surface area contributed by atoms with Gasteiger partial charge in [-0.05, 0) is 49.7 Å². The molecule has 6 heteroatoms. The minimum absolute atomic E-state index is 0.0752. The van der Waals surface area contributed by atoms with Gasteiger partial charge < -0.3 is 15.0 Å². The zero-order chi connectivity index (χ0) is 24.3. The summed E-state index contributed by atoms with van der Waals surface area (Å²) in [6.07, 6.45) is 2.68. The Balaban J connectivity index is 1.07. The van der Waals surface area contributed by atoms with Crippen molar-refractivity contribution < 1.29 is 9.53 Å². The highest BCUT2D eigenvalue weighted by Gasteiger charge is 2.31. The van der Waals surface area contributed by atoms with Crippen LogP contribution in [0.2, 0.25) is 0 Å². The highest BCUT2D eigenvalue weighted by Crippen LogP contribution is 2.38. The summed E-state index contributed by atoms with van der Waals surface area (Å²) >= 11 is 0. The quantitative estimate of drug-likeness (QED) is 0.499. The Labute approximate surface area is 208 Å². The van der Waals surface area contributed by atoms with Crippen molar-refractivity contribution in [3.63, 3.8) is 0 Å². The third kappa shape index (κ3) is 5.82. The summed E-state index contributed by atoms with van der Waals surface area (Å²) < 4.78 is 6.04. The normalized spacial score (nSPS) is 18.6. The second-order valence-corrected chi connectivity index (χ2v) is 10.5. The number of benzene rings is 2. The summed E-state index contributed by atoms with van der Waals surface area (Å²) in [5.41, 5.74) is 4.15.